The Labute approximate surface area is 155 Å². The molecular formula is C20H28N6. The number of aryl methyl sites for hydroxylation is 2. The highest BCUT2D eigenvalue weighted by Crippen LogP contribution is 2.29. The van der Waals surface area contributed by atoms with Crippen LogP contribution < -0.4 is 10.2 Å². The van der Waals surface area contributed by atoms with Crippen LogP contribution in [0.3, 0.4) is 0 Å². The summed E-state index contributed by atoms with van der Waals surface area (Å²) >= 11 is 0. The lowest BCUT2D eigenvalue weighted by molar-refractivity contribution is 0.712. The van der Waals surface area contributed by atoms with Crippen molar-refractivity contribution in [3.05, 3.63) is 41.3 Å². The molecular weight excluding hydrogens is 324 g/mol. The summed E-state index contributed by atoms with van der Waals surface area (Å²) in [5, 5.41) is 8.00. The van der Waals surface area contributed by atoms with Crippen molar-refractivity contribution in [2.45, 2.75) is 47.5 Å². The molecule has 0 aliphatic heterocycles. The third-order valence-electron chi connectivity index (χ3n) is 4.53. The van der Waals surface area contributed by atoms with Gasteiger partial charge in [0.1, 0.15) is 11.6 Å². The molecule has 6 heteroatoms. The van der Waals surface area contributed by atoms with Gasteiger partial charge in [0.2, 0.25) is 0 Å². The standard InChI is InChI=1S/C20H28N6/c1-6-10-25(11-7-2)20-16(5)19(24-18-8-9-22-26(18)20)23-17-13-21-15(4)12-14(17)3/h8-9,12-13H,6-7,10-11H2,1-5H3,(H,23,24). The van der Waals surface area contributed by atoms with Crippen LogP contribution >= 0.6 is 0 Å². The predicted octanol–water partition coefficient (Wildman–Crippen LogP) is 4.42. The summed E-state index contributed by atoms with van der Waals surface area (Å²) in [6, 6.07) is 4.03. The van der Waals surface area contributed by atoms with E-state index < -0.39 is 0 Å². The van der Waals surface area contributed by atoms with Gasteiger partial charge in [-0.1, -0.05) is 13.8 Å². The normalized spacial score (nSPS) is 11.1. The molecule has 3 aromatic heterocycles. The largest absolute Gasteiger partial charge is 0.356 e. The molecule has 0 amide bonds. The average Bonchev–Trinajstić information content (AvgIpc) is 3.06. The molecule has 138 valence electrons. The number of hydrogen-bond donors (Lipinski definition) is 1. The molecule has 6 nitrogen and oxygen atoms in total. The maximum absolute atomic E-state index is 4.79. The molecule has 0 saturated heterocycles. The van der Waals surface area contributed by atoms with Gasteiger partial charge in [-0.2, -0.15) is 9.61 Å². The molecule has 0 radical (unpaired) electrons. The fourth-order valence-electron chi connectivity index (χ4n) is 3.32. The fourth-order valence-corrected chi connectivity index (χ4v) is 3.32. The average molecular weight is 352 g/mol. The Kier molecular flexibility index (Phi) is 5.40. The zero-order valence-corrected chi connectivity index (χ0v) is 16.4. The third-order valence-corrected chi connectivity index (χ3v) is 4.53. The lowest BCUT2D eigenvalue weighted by Crippen LogP contribution is -2.28. The number of nitrogens with one attached hydrogen (secondary N) is 1. The van der Waals surface area contributed by atoms with Gasteiger partial charge in [-0.15, -0.1) is 0 Å². The zero-order chi connectivity index (χ0) is 18.7. The first-order chi connectivity index (χ1) is 12.5. The maximum Gasteiger partial charge on any atom is 0.159 e. The van der Waals surface area contributed by atoms with Crippen molar-refractivity contribution in [1.29, 1.82) is 0 Å². The first-order valence-corrected chi connectivity index (χ1v) is 9.34. The summed E-state index contributed by atoms with van der Waals surface area (Å²) in [7, 11) is 0. The Hall–Kier alpha value is -2.63. The minimum Gasteiger partial charge on any atom is -0.356 e. The van der Waals surface area contributed by atoms with Crippen LogP contribution in [-0.2, 0) is 0 Å². The molecule has 0 saturated carbocycles. The first kappa shape index (κ1) is 18.2. The quantitative estimate of drug-likeness (QED) is 0.682. The van der Waals surface area contributed by atoms with E-state index >= 15 is 0 Å². The predicted molar refractivity (Wildman–Crippen MR) is 108 cm³/mol. The number of anilines is 3. The van der Waals surface area contributed by atoms with E-state index in [1.165, 1.54) is 0 Å². The summed E-state index contributed by atoms with van der Waals surface area (Å²) in [5.41, 5.74) is 5.11. The maximum atomic E-state index is 4.79. The molecule has 0 aliphatic carbocycles. The molecule has 0 fully saturated rings. The number of pyridine rings is 1. The second-order valence-corrected chi connectivity index (χ2v) is 6.76. The molecule has 3 heterocycles. The Bertz CT molecular complexity index is 893. The van der Waals surface area contributed by atoms with Crippen molar-refractivity contribution in [3.63, 3.8) is 0 Å². The minimum absolute atomic E-state index is 0.850. The Morgan fingerprint density at radius 3 is 2.50 bits per heavy atom. The number of hydrogen-bond acceptors (Lipinski definition) is 5. The zero-order valence-electron chi connectivity index (χ0n) is 16.4. The summed E-state index contributed by atoms with van der Waals surface area (Å²) < 4.78 is 1.95. The molecule has 0 spiro atoms. The van der Waals surface area contributed by atoms with Crippen molar-refractivity contribution >= 4 is 23.0 Å². The SMILES string of the molecule is CCCN(CCC)c1c(C)c(Nc2cnc(C)cc2C)nc2ccnn12. The number of nitrogens with zero attached hydrogens (tertiary/aromatic N) is 5. The second-order valence-electron chi connectivity index (χ2n) is 6.76. The van der Waals surface area contributed by atoms with Crippen LogP contribution in [0.25, 0.3) is 5.65 Å². The van der Waals surface area contributed by atoms with Crippen LogP contribution in [0.2, 0.25) is 0 Å². The van der Waals surface area contributed by atoms with Crippen LogP contribution in [0.4, 0.5) is 17.3 Å². The topological polar surface area (TPSA) is 58.3 Å². The van der Waals surface area contributed by atoms with Gasteiger partial charge < -0.3 is 10.2 Å². The van der Waals surface area contributed by atoms with Crippen molar-refractivity contribution in [2.24, 2.45) is 0 Å². The van der Waals surface area contributed by atoms with Gasteiger partial charge in [-0.3, -0.25) is 4.98 Å². The van der Waals surface area contributed by atoms with Crippen molar-refractivity contribution < 1.29 is 0 Å². The Morgan fingerprint density at radius 2 is 1.85 bits per heavy atom. The highest BCUT2D eigenvalue weighted by atomic mass is 15.4. The van der Waals surface area contributed by atoms with E-state index in [1.54, 1.807) is 0 Å². The van der Waals surface area contributed by atoms with E-state index in [0.29, 0.717) is 0 Å². The Morgan fingerprint density at radius 1 is 1.12 bits per heavy atom. The third kappa shape index (κ3) is 3.49. The Balaban J connectivity index is 2.10. The van der Waals surface area contributed by atoms with Crippen LogP contribution in [-0.4, -0.2) is 32.7 Å². The van der Waals surface area contributed by atoms with E-state index in [-0.39, 0.29) is 0 Å². The van der Waals surface area contributed by atoms with Crippen LogP contribution in [0.15, 0.2) is 24.5 Å². The van der Waals surface area contributed by atoms with E-state index in [1.807, 2.05) is 29.9 Å². The highest BCUT2D eigenvalue weighted by molar-refractivity contribution is 5.70. The van der Waals surface area contributed by atoms with E-state index in [4.69, 9.17) is 4.98 Å². The highest BCUT2D eigenvalue weighted by Gasteiger charge is 2.18. The lowest BCUT2D eigenvalue weighted by Gasteiger charge is -2.27. The smallest absolute Gasteiger partial charge is 0.159 e. The molecule has 0 atom stereocenters. The number of aromatic nitrogens is 4. The molecule has 0 aromatic carbocycles. The molecule has 1 N–H and O–H groups in total. The fraction of sp³-hybridized carbons (Fsp3) is 0.450. The van der Waals surface area contributed by atoms with E-state index in [0.717, 1.165) is 65.7 Å². The monoisotopic (exact) mass is 352 g/mol. The van der Waals surface area contributed by atoms with Crippen LogP contribution in [0, 0.1) is 20.8 Å². The van der Waals surface area contributed by atoms with Gasteiger partial charge in [0.05, 0.1) is 18.1 Å². The van der Waals surface area contributed by atoms with E-state index in [2.05, 4.69) is 54.1 Å². The minimum atomic E-state index is 0.850. The van der Waals surface area contributed by atoms with Crippen LogP contribution in [0.5, 0.6) is 0 Å². The number of rotatable bonds is 7. The molecule has 3 aromatic rings. The van der Waals surface area contributed by atoms with Crippen LogP contribution in [0.1, 0.15) is 43.5 Å². The van der Waals surface area contributed by atoms with Gasteiger partial charge in [0, 0.05) is 30.4 Å². The summed E-state index contributed by atoms with van der Waals surface area (Å²) in [6.45, 7) is 12.6. The van der Waals surface area contributed by atoms with Crippen molar-refractivity contribution in [1.82, 2.24) is 19.6 Å². The molecule has 26 heavy (non-hydrogen) atoms. The van der Waals surface area contributed by atoms with Crippen molar-refractivity contribution in [3.8, 4) is 0 Å². The number of fused-ring (bicyclic) bond motifs is 1. The molecule has 0 aliphatic rings. The molecule has 0 bridgehead atoms. The summed E-state index contributed by atoms with van der Waals surface area (Å²) in [5.74, 6) is 1.97. The molecule has 0 unspecified atom stereocenters. The van der Waals surface area contributed by atoms with Gasteiger partial charge in [0.25, 0.3) is 0 Å². The van der Waals surface area contributed by atoms with E-state index in [9.17, 15) is 0 Å². The summed E-state index contributed by atoms with van der Waals surface area (Å²) in [4.78, 5) is 11.6. The second kappa shape index (κ2) is 7.72. The first-order valence-electron chi connectivity index (χ1n) is 9.34. The molecule has 3 rings (SSSR count). The lowest BCUT2D eigenvalue weighted by atomic mass is 10.2. The van der Waals surface area contributed by atoms with Gasteiger partial charge in [-0.25, -0.2) is 4.98 Å². The van der Waals surface area contributed by atoms with Crippen molar-refractivity contribution in [2.75, 3.05) is 23.3 Å². The summed E-state index contributed by atoms with van der Waals surface area (Å²) in [6.07, 6.45) is 5.87. The van der Waals surface area contributed by atoms with Gasteiger partial charge in [0.15, 0.2) is 5.65 Å². The van der Waals surface area contributed by atoms with Gasteiger partial charge in [-0.05, 0) is 45.2 Å². The van der Waals surface area contributed by atoms with Gasteiger partial charge >= 0.3 is 0 Å².